The molecule has 8 nitrogen and oxygen atoms in total. The fourth-order valence-corrected chi connectivity index (χ4v) is 5.01. The van der Waals surface area contributed by atoms with E-state index in [1.165, 1.54) is 0 Å². The topological polar surface area (TPSA) is 99.0 Å². The van der Waals surface area contributed by atoms with Crippen LogP contribution >= 0.6 is 11.3 Å². The maximum absolute atomic E-state index is 12.3. The average molecular weight is 456 g/mol. The second-order valence-electron chi connectivity index (χ2n) is 6.98. The fourth-order valence-electron chi connectivity index (χ4n) is 2.96. The van der Waals surface area contributed by atoms with E-state index in [-0.39, 0.29) is 4.21 Å². The molecule has 0 atom stereocenters. The molecule has 0 aliphatic rings. The Morgan fingerprint density at radius 1 is 1.03 bits per heavy atom. The van der Waals surface area contributed by atoms with Crippen LogP contribution in [0.5, 0.6) is 11.6 Å². The van der Waals surface area contributed by atoms with Gasteiger partial charge in [0, 0.05) is 17.4 Å². The first-order valence-corrected chi connectivity index (χ1v) is 11.8. The average Bonchev–Trinajstić information content (AvgIpc) is 3.35. The number of aryl methyl sites for hydroxylation is 2. The van der Waals surface area contributed by atoms with Crippen LogP contribution in [-0.4, -0.2) is 28.2 Å². The normalized spacial score (nSPS) is 11.5. The third-order valence-electron chi connectivity index (χ3n) is 4.76. The molecule has 10 heteroatoms. The van der Waals surface area contributed by atoms with Crippen LogP contribution in [0.15, 0.2) is 52.1 Å². The third kappa shape index (κ3) is 4.44. The Balaban J connectivity index is 1.54. The van der Waals surface area contributed by atoms with Crippen molar-refractivity contribution in [3.8, 4) is 17.4 Å². The van der Waals surface area contributed by atoms with Gasteiger partial charge in [0.25, 0.3) is 10.0 Å². The molecule has 0 radical (unpaired) electrons. The molecule has 0 bridgehead atoms. The number of nitrogens with zero attached hydrogens (tertiary/aromatic N) is 4. The molecule has 0 aliphatic heterocycles. The SMILES string of the molecule is Cc1nc(Oc2ccc(NS(=O)(=O)c3cccs3)cc2)cc(-n2nc(C)c(C)c2C)n1. The molecule has 0 spiro atoms. The summed E-state index contributed by atoms with van der Waals surface area (Å²) in [6, 6.07) is 11.6. The predicted octanol–water partition coefficient (Wildman–Crippen LogP) is 4.55. The summed E-state index contributed by atoms with van der Waals surface area (Å²) in [6.07, 6.45) is 0. The van der Waals surface area contributed by atoms with Crippen LogP contribution in [0.4, 0.5) is 5.69 Å². The molecular formula is C21H21N5O3S2. The third-order valence-corrected chi connectivity index (χ3v) is 7.54. The summed E-state index contributed by atoms with van der Waals surface area (Å²) in [5.74, 6) is 2.07. The van der Waals surface area contributed by atoms with E-state index < -0.39 is 10.0 Å². The quantitative estimate of drug-likeness (QED) is 0.458. The minimum Gasteiger partial charge on any atom is -0.439 e. The molecule has 31 heavy (non-hydrogen) atoms. The van der Waals surface area contributed by atoms with Crippen molar-refractivity contribution in [2.45, 2.75) is 31.9 Å². The second-order valence-corrected chi connectivity index (χ2v) is 9.84. The molecule has 3 heterocycles. The highest BCUT2D eigenvalue weighted by Gasteiger charge is 2.16. The van der Waals surface area contributed by atoms with Gasteiger partial charge in [-0.1, -0.05) is 6.07 Å². The number of sulfonamides is 1. The fraction of sp³-hybridized carbons (Fsp3) is 0.190. The highest BCUT2D eigenvalue weighted by Crippen LogP contribution is 2.26. The van der Waals surface area contributed by atoms with E-state index in [1.54, 1.807) is 59.5 Å². The van der Waals surface area contributed by atoms with Crippen LogP contribution < -0.4 is 9.46 Å². The lowest BCUT2D eigenvalue weighted by Gasteiger charge is -2.10. The van der Waals surface area contributed by atoms with Crippen molar-refractivity contribution in [1.82, 2.24) is 19.7 Å². The van der Waals surface area contributed by atoms with Gasteiger partial charge in [-0.25, -0.2) is 18.1 Å². The van der Waals surface area contributed by atoms with Crippen molar-refractivity contribution in [3.63, 3.8) is 0 Å². The van der Waals surface area contributed by atoms with Crippen molar-refractivity contribution in [3.05, 3.63) is 70.6 Å². The number of benzene rings is 1. The molecule has 0 fully saturated rings. The van der Waals surface area contributed by atoms with Crippen LogP contribution in [0.2, 0.25) is 0 Å². The number of ether oxygens (including phenoxy) is 1. The van der Waals surface area contributed by atoms with E-state index in [1.807, 2.05) is 20.8 Å². The van der Waals surface area contributed by atoms with Gasteiger partial charge in [-0.15, -0.1) is 11.3 Å². The van der Waals surface area contributed by atoms with Gasteiger partial charge >= 0.3 is 0 Å². The van der Waals surface area contributed by atoms with Gasteiger partial charge in [-0.2, -0.15) is 10.1 Å². The Labute approximate surface area is 184 Å². The molecule has 160 valence electrons. The zero-order valence-corrected chi connectivity index (χ0v) is 19.1. The maximum Gasteiger partial charge on any atom is 0.271 e. The molecule has 4 rings (SSSR count). The zero-order chi connectivity index (χ0) is 22.2. The van der Waals surface area contributed by atoms with Gasteiger partial charge in [-0.05, 0) is 69.0 Å². The summed E-state index contributed by atoms with van der Waals surface area (Å²) in [4.78, 5) is 8.82. The Bertz CT molecular complexity index is 1330. The second kappa shape index (κ2) is 8.12. The zero-order valence-electron chi connectivity index (χ0n) is 17.4. The largest absolute Gasteiger partial charge is 0.439 e. The summed E-state index contributed by atoms with van der Waals surface area (Å²) in [5.41, 5.74) is 3.50. The molecule has 0 saturated carbocycles. The number of rotatable bonds is 6. The van der Waals surface area contributed by atoms with Crippen molar-refractivity contribution in [2.75, 3.05) is 4.72 Å². The van der Waals surface area contributed by atoms with Gasteiger partial charge in [0.05, 0.1) is 5.69 Å². The molecule has 3 aromatic heterocycles. The Kier molecular flexibility index (Phi) is 5.50. The van der Waals surface area contributed by atoms with Crippen molar-refractivity contribution >= 4 is 27.0 Å². The van der Waals surface area contributed by atoms with Gasteiger partial charge in [0.15, 0.2) is 5.82 Å². The lowest BCUT2D eigenvalue weighted by atomic mass is 10.2. The first-order chi connectivity index (χ1) is 14.7. The highest BCUT2D eigenvalue weighted by molar-refractivity contribution is 7.94. The summed E-state index contributed by atoms with van der Waals surface area (Å²) in [6.45, 7) is 7.76. The summed E-state index contributed by atoms with van der Waals surface area (Å²) < 4.78 is 35.2. The monoisotopic (exact) mass is 455 g/mol. The predicted molar refractivity (Wildman–Crippen MR) is 120 cm³/mol. The number of thiophene rings is 1. The lowest BCUT2D eigenvalue weighted by molar-refractivity contribution is 0.459. The standard InChI is InChI=1S/C21H21N5O3S2/c1-13-14(2)24-26(15(13)3)19-12-20(23-16(4)22-19)29-18-9-7-17(8-10-18)25-31(27,28)21-6-5-11-30-21/h5-12,25H,1-4H3. The van der Waals surface area contributed by atoms with Gasteiger partial charge in [0.2, 0.25) is 5.88 Å². The van der Waals surface area contributed by atoms with Crippen LogP contribution in [0, 0.1) is 27.7 Å². The van der Waals surface area contributed by atoms with Gasteiger partial charge < -0.3 is 4.74 Å². The molecule has 4 aromatic rings. The minimum atomic E-state index is -3.59. The van der Waals surface area contributed by atoms with E-state index in [9.17, 15) is 8.42 Å². The molecule has 1 N–H and O–H groups in total. The number of hydrogen-bond acceptors (Lipinski definition) is 7. The molecule has 0 saturated heterocycles. The number of nitrogens with one attached hydrogen (secondary N) is 1. The summed E-state index contributed by atoms with van der Waals surface area (Å²) >= 11 is 1.16. The molecule has 1 aromatic carbocycles. The number of anilines is 1. The van der Waals surface area contributed by atoms with E-state index in [4.69, 9.17) is 4.74 Å². The van der Waals surface area contributed by atoms with Gasteiger partial charge in [0.1, 0.15) is 15.8 Å². The minimum absolute atomic E-state index is 0.260. The number of hydrogen-bond donors (Lipinski definition) is 1. The van der Waals surface area contributed by atoms with Crippen LogP contribution in [-0.2, 0) is 10.0 Å². The van der Waals surface area contributed by atoms with E-state index in [0.717, 1.165) is 28.3 Å². The molecule has 0 unspecified atom stereocenters. The van der Waals surface area contributed by atoms with E-state index in [2.05, 4.69) is 19.8 Å². The van der Waals surface area contributed by atoms with Crippen LogP contribution in [0.25, 0.3) is 5.82 Å². The van der Waals surface area contributed by atoms with Crippen molar-refractivity contribution in [2.24, 2.45) is 0 Å². The Hall–Kier alpha value is -3.24. The first-order valence-electron chi connectivity index (χ1n) is 9.46. The summed E-state index contributed by atoms with van der Waals surface area (Å²) in [5, 5.41) is 6.26. The van der Waals surface area contributed by atoms with Crippen molar-refractivity contribution < 1.29 is 13.2 Å². The smallest absolute Gasteiger partial charge is 0.271 e. The summed E-state index contributed by atoms with van der Waals surface area (Å²) in [7, 11) is -3.59. The van der Waals surface area contributed by atoms with Crippen LogP contribution in [0.3, 0.4) is 0 Å². The van der Waals surface area contributed by atoms with E-state index in [0.29, 0.717) is 29.0 Å². The lowest BCUT2D eigenvalue weighted by Crippen LogP contribution is -2.11. The molecular weight excluding hydrogens is 434 g/mol. The molecule has 0 aliphatic carbocycles. The van der Waals surface area contributed by atoms with Gasteiger partial charge in [-0.3, -0.25) is 4.72 Å². The molecule has 0 amide bonds. The first kappa shape index (κ1) is 21.0. The van der Waals surface area contributed by atoms with Crippen molar-refractivity contribution in [1.29, 1.82) is 0 Å². The Morgan fingerprint density at radius 3 is 2.39 bits per heavy atom. The van der Waals surface area contributed by atoms with Crippen LogP contribution in [0.1, 0.15) is 22.8 Å². The number of aromatic nitrogens is 4. The maximum atomic E-state index is 12.3. The van der Waals surface area contributed by atoms with E-state index >= 15 is 0 Å². The highest BCUT2D eigenvalue weighted by atomic mass is 32.2. The Morgan fingerprint density at radius 2 is 1.77 bits per heavy atom.